The van der Waals surface area contributed by atoms with Crippen molar-refractivity contribution in [2.24, 2.45) is 5.92 Å². The van der Waals surface area contributed by atoms with E-state index < -0.39 is 0 Å². The van der Waals surface area contributed by atoms with Crippen molar-refractivity contribution in [1.82, 2.24) is 15.1 Å². The second-order valence-electron chi connectivity index (χ2n) is 7.68. The third kappa shape index (κ3) is 3.61. The van der Waals surface area contributed by atoms with Crippen LogP contribution in [0.3, 0.4) is 0 Å². The Morgan fingerprint density at radius 3 is 2.67 bits per heavy atom. The normalized spacial score (nSPS) is 23.6. The van der Waals surface area contributed by atoms with Gasteiger partial charge in [0.25, 0.3) is 0 Å². The van der Waals surface area contributed by atoms with Crippen molar-refractivity contribution in [2.45, 2.75) is 50.5 Å². The lowest BCUT2D eigenvalue weighted by atomic mass is 9.84. The van der Waals surface area contributed by atoms with Gasteiger partial charge in [-0.15, -0.1) is 0 Å². The molecule has 0 bridgehead atoms. The average molecular weight is 366 g/mol. The van der Waals surface area contributed by atoms with Crippen LogP contribution in [-0.2, 0) is 9.59 Å². The molecular formula is C21H26N4O2. The fourth-order valence-electron chi connectivity index (χ4n) is 4.48. The fraction of sp³-hybridized carbons (Fsp3) is 0.476. The van der Waals surface area contributed by atoms with E-state index in [0.29, 0.717) is 24.6 Å². The summed E-state index contributed by atoms with van der Waals surface area (Å²) in [5, 5.41) is 10.3. The number of aromatic nitrogens is 2. The smallest absolute Gasteiger partial charge is 0.231 e. The largest absolute Gasteiger partial charge is 0.338 e. The molecule has 1 aliphatic carbocycles. The SMILES string of the molecule is CN1C(=O)CCC(C(=O)Nc2cc(C3CCCC3)[nH]n2)C1c1ccccc1. The number of benzene rings is 1. The molecule has 2 N–H and O–H groups in total. The Bertz CT molecular complexity index is 811. The number of hydrogen-bond acceptors (Lipinski definition) is 3. The number of H-pyrrole nitrogens is 1. The maximum absolute atomic E-state index is 13.0. The van der Waals surface area contributed by atoms with Crippen molar-refractivity contribution in [2.75, 3.05) is 12.4 Å². The summed E-state index contributed by atoms with van der Waals surface area (Å²) in [7, 11) is 1.78. The molecule has 27 heavy (non-hydrogen) atoms. The summed E-state index contributed by atoms with van der Waals surface area (Å²) in [6.07, 6.45) is 5.82. The van der Waals surface area contributed by atoms with Crippen molar-refractivity contribution in [1.29, 1.82) is 0 Å². The first kappa shape index (κ1) is 17.8. The molecule has 2 atom stereocenters. The zero-order valence-corrected chi connectivity index (χ0v) is 15.6. The number of carbonyl (C=O) groups excluding carboxylic acids is 2. The third-order valence-electron chi connectivity index (χ3n) is 5.98. The van der Waals surface area contributed by atoms with Gasteiger partial charge in [-0.2, -0.15) is 5.10 Å². The van der Waals surface area contributed by atoms with Gasteiger partial charge in [-0.3, -0.25) is 14.7 Å². The summed E-state index contributed by atoms with van der Waals surface area (Å²) < 4.78 is 0. The van der Waals surface area contributed by atoms with E-state index in [0.717, 1.165) is 11.3 Å². The summed E-state index contributed by atoms with van der Waals surface area (Å²) >= 11 is 0. The van der Waals surface area contributed by atoms with E-state index >= 15 is 0 Å². The van der Waals surface area contributed by atoms with E-state index in [1.165, 1.54) is 25.7 Å². The first-order chi connectivity index (χ1) is 13.1. The molecule has 2 amide bonds. The Morgan fingerprint density at radius 2 is 1.93 bits per heavy atom. The molecule has 2 heterocycles. The minimum absolute atomic E-state index is 0.0762. The van der Waals surface area contributed by atoms with E-state index in [1.807, 2.05) is 36.4 Å². The van der Waals surface area contributed by atoms with Gasteiger partial charge in [0.1, 0.15) is 0 Å². The highest BCUT2D eigenvalue weighted by atomic mass is 16.2. The zero-order valence-electron chi connectivity index (χ0n) is 15.6. The number of hydrogen-bond donors (Lipinski definition) is 2. The number of amides is 2. The number of likely N-dealkylation sites (tertiary alicyclic amines) is 1. The molecule has 0 spiro atoms. The molecule has 1 aromatic heterocycles. The number of aromatic amines is 1. The van der Waals surface area contributed by atoms with Crippen LogP contribution in [0.1, 0.15) is 61.7 Å². The molecule has 1 saturated heterocycles. The van der Waals surface area contributed by atoms with Crippen LogP contribution in [0.5, 0.6) is 0 Å². The summed E-state index contributed by atoms with van der Waals surface area (Å²) in [4.78, 5) is 27.0. The molecular weight excluding hydrogens is 340 g/mol. The van der Waals surface area contributed by atoms with Gasteiger partial charge in [-0.25, -0.2) is 0 Å². The monoisotopic (exact) mass is 366 g/mol. The highest BCUT2D eigenvalue weighted by Gasteiger charge is 2.39. The van der Waals surface area contributed by atoms with Gasteiger partial charge in [0, 0.05) is 31.1 Å². The summed E-state index contributed by atoms with van der Waals surface area (Å²) in [5.74, 6) is 0.817. The maximum atomic E-state index is 13.0. The van der Waals surface area contributed by atoms with Crippen molar-refractivity contribution in [3.05, 3.63) is 47.7 Å². The standard InChI is InChI=1S/C21H26N4O2/c1-25-19(26)12-11-16(20(25)15-9-3-2-4-10-15)21(27)22-18-13-17(23-24-18)14-7-5-6-8-14/h2-4,9-10,13-14,16,20H,5-8,11-12H2,1H3,(H2,22,23,24,27). The number of rotatable bonds is 4. The second kappa shape index (κ2) is 7.55. The maximum Gasteiger partial charge on any atom is 0.231 e. The van der Waals surface area contributed by atoms with Gasteiger partial charge in [0.05, 0.1) is 12.0 Å². The Labute approximate surface area is 159 Å². The topological polar surface area (TPSA) is 78.1 Å². The average Bonchev–Trinajstić information content (AvgIpc) is 3.36. The molecule has 1 saturated carbocycles. The molecule has 2 aromatic rings. The number of piperidine rings is 1. The lowest BCUT2D eigenvalue weighted by Crippen LogP contribution is -2.44. The van der Waals surface area contributed by atoms with Crippen LogP contribution < -0.4 is 5.32 Å². The molecule has 6 heteroatoms. The van der Waals surface area contributed by atoms with E-state index in [1.54, 1.807) is 11.9 Å². The van der Waals surface area contributed by atoms with Crippen molar-refractivity contribution in [3.8, 4) is 0 Å². The molecule has 2 aliphatic rings. The Morgan fingerprint density at radius 1 is 1.19 bits per heavy atom. The van der Waals surface area contributed by atoms with Gasteiger partial charge in [0.15, 0.2) is 5.82 Å². The van der Waals surface area contributed by atoms with E-state index in [4.69, 9.17) is 0 Å². The van der Waals surface area contributed by atoms with Crippen molar-refractivity contribution >= 4 is 17.6 Å². The highest BCUT2D eigenvalue weighted by Crippen LogP contribution is 2.37. The molecule has 142 valence electrons. The fourth-order valence-corrected chi connectivity index (χ4v) is 4.48. The van der Waals surface area contributed by atoms with Gasteiger partial charge in [-0.05, 0) is 24.8 Å². The first-order valence-corrected chi connectivity index (χ1v) is 9.80. The predicted molar refractivity (Wildman–Crippen MR) is 103 cm³/mol. The number of carbonyl (C=O) groups is 2. The third-order valence-corrected chi connectivity index (χ3v) is 5.98. The molecule has 1 aromatic carbocycles. The Balaban J connectivity index is 1.51. The van der Waals surface area contributed by atoms with Crippen LogP contribution in [0, 0.1) is 5.92 Å². The van der Waals surface area contributed by atoms with Gasteiger partial charge in [-0.1, -0.05) is 43.2 Å². The van der Waals surface area contributed by atoms with Crippen molar-refractivity contribution < 1.29 is 9.59 Å². The predicted octanol–water partition coefficient (Wildman–Crippen LogP) is 3.62. The minimum Gasteiger partial charge on any atom is -0.338 e. The quantitative estimate of drug-likeness (QED) is 0.867. The molecule has 2 unspecified atom stereocenters. The first-order valence-electron chi connectivity index (χ1n) is 9.80. The van der Waals surface area contributed by atoms with Crippen LogP contribution in [-0.4, -0.2) is 34.0 Å². The van der Waals surface area contributed by atoms with Gasteiger partial charge >= 0.3 is 0 Å². The number of nitrogens with one attached hydrogen (secondary N) is 2. The molecule has 2 fully saturated rings. The second-order valence-corrected chi connectivity index (χ2v) is 7.68. The Hall–Kier alpha value is -2.63. The van der Waals surface area contributed by atoms with Gasteiger partial charge < -0.3 is 10.2 Å². The minimum atomic E-state index is -0.290. The van der Waals surface area contributed by atoms with E-state index in [-0.39, 0.29) is 23.8 Å². The molecule has 0 radical (unpaired) electrons. The Kier molecular flexibility index (Phi) is 4.97. The van der Waals surface area contributed by atoms with Gasteiger partial charge in [0.2, 0.25) is 11.8 Å². The number of nitrogens with zero attached hydrogens (tertiary/aromatic N) is 2. The molecule has 4 rings (SSSR count). The highest BCUT2D eigenvalue weighted by molar-refractivity contribution is 5.94. The molecule has 6 nitrogen and oxygen atoms in total. The lowest BCUT2D eigenvalue weighted by Gasteiger charge is -2.38. The van der Waals surface area contributed by atoms with Crippen LogP contribution in [0.2, 0.25) is 0 Å². The van der Waals surface area contributed by atoms with Crippen LogP contribution in [0.15, 0.2) is 36.4 Å². The van der Waals surface area contributed by atoms with Crippen molar-refractivity contribution in [3.63, 3.8) is 0 Å². The van der Waals surface area contributed by atoms with E-state index in [2.05, 4.69) is 15.5 Å². The zero-order chi connectivity index (χ0) is 18.8. The summed E-state index contributed by atoms with van der Waals surface area (Å²) in [5.41, 5.74) is 2.10. The summed E-state index contributed by atoms with van der Waals surface area (Å²) in [6.45, 7) is 0. The van der Waals surface area contributed by atoms with E-state index in [9.17, 15) is 9.59 Å². The summed E-state index contributed by atoms with van der Waals surface area (Å²) in [6, 6.07) is 11.5. The lowest BCUT2D eigenvalue weighted by molar-refractivity contribution is -0.140. The number of anilines is 1. The van der Waals surface area contributed by atoms with Crippen LogP contribution in [0.4, 0.5) is 5.82 Å². The van der Waals surface area contributed by atoms with Crippen LogP contribution >= 0.6 is 0 Å². The molecule has 1 aliphatic heterocycles. The van der Waals surface area contributed by atoms with Crippen LogP contribution in [0.25, 0.3) is 0 Å².